The van der Waals surface area contributed by atoms with Crippen molar-refractivity contribution in [1.82, 2.24) is 0 Å². The Hall–Kier alpha value is -0.840. The van der Waals surface area contributed by atoms with Gasteiger partial charge in [0.05, 0.1) is 12.6 Å². The van der Waals surface area contributed by atoms with Crippen LogP contribution in [0, 0.1) is 0 Å². The third kappa shape index (κ3) is 3.13. The third-order valence-corrected chi connectivity index (χ3v) is 4.57. The summed E-state index contributed by atoms with van der Waals surface area (Å²) in [5, 5.41) is 2.04. The second-order valence-corrected chi connectivity index (χ2v) is 5.83. The summed E-state index contributed by atoms with van der Waals surface area (Å²) in [7, 11) is 0. The molecule has 0 bridgehead atoms. The Balaban J connectivity index is 2.20. The molecule has 0 saturated heterocycles. The number of hydrogen-bond donors (Lipinski definition) is 1. The summed E-state index contributed by atoms with van der Waals surface area (Å²) >= 11 is 5.19. The molecule has 0 aliphatic heterocycles. The van der Waals surface area contributed by atoms with Crippen LogP contribution in [0.3, 0.4) is 0 Å². The molecule has 0 aliphatic rings. The van der Waals surface area contributed by atoms with E-state index < -0.39 is 0 Å². The average Bonchev–Trinajstić information content (AvgIpc) is 2.82. The molecule has 1 aromatic carbocycles. The molecule has 2 nitrogen and oxygen atoms in total. The van der Waals surface area contributed by atoms with E-state index in [1.54, 1.807) is 11.3 Å². The minimum absolute atomic E-state index is 0.107. The van der Waals surface area contributed by atoms with Crippen molar-refractivity contribution in [3.05, 3.63) is 50.6 Å². The van der Waals surface area contributed by atoms with Gasteiger partial charge in [-0.1, -0.05) is 19.1 Å². The second-order valence-electron chi connectivity index (χ2n) is 4.03. The Morgan fingerprint density at radius 3 is 2.89 bits per heavy atom. The highest BCUT2D eigenvalue weighted by atomic mass is 79.9. The van der Waals surface area contributed by atoms with Crippen molar-refractivity contribution in [2.24, 2.45) is 5.73 Å². The maximum Gasteiger partial charge on any atom is 0.119 e. The summed E-state index contributed by atoms with van der Waals surface area (Å²) in [5.41, 5.74) is 7.36. The molecular formula is C14H16BrNOS. The van der Waals surface area contributed by atoms with Crippen LogP contribution in [0.25, 0.3) is 0 Å². The lowest BCUT2D eigenvalue weighted by molar-refractivity contribution is 0.317. The maximum atomic E-state index is 6.28. The van der Waals surface area contributed by atoms with Crippen LogP contribution in [-0.4, -0.2) is 6.61 Å². The zero-order valence-electron chi connectivity index (χ0n) is 10.2. The van der Waals surface area contributed by atoms with Gasteiger partial charge in [0.1, 0.15) is 5.75 Å². The van der Waals surface area contributed by atoms with Gasteiger partial charge in [0.15, 0.2) is 0 Å². The quantitative estimate of drug-likeness (QED) is 0.887. The van der Waals surface area contributed by atoms with Crippen LogP contribution in [0.5, 0.6) is 5.75 Å². The highest BCUT2D eigenvalue weighted by Crippen LogP contribution is 2.32. The van der Waals surface area contributed by atoms with Crippen molar-refractivity contribution in [2.45, 2.75) is 19.4 Å². The Labute approximate surface area is 120 Å². The van der Waals surface area contributed by atoms with Crippen molar-refractivity contribution in [3.8, 4) is 5.75 Å². The largest absolute Gasteiger partial charge is 0.494 e. The van der Waals surface area contributed by atoms with E-state index in [9.17, 15) is 0 Å². The van der Waals surface area contributed by atoms with Crippen LogP contribution in [0.2, 0.25) is 0 Å². The van der Waals surface area contributed by atoms with E-state index in [0.29, 0.717) is 0 Å². The summed E-state index contributed by atoms with van der Waals surface area (Å²) in [6.07, 6.45) is 1.01. The molecule has 96 valence electrons. The standard InChI is InChI=1S/C14H16BrNOS/c1-2-7-17-11-5-3-4-10(9-11)13(16)14-12(15)6-8-18-14/h3-6,8-9,13H,2,7,16H2,1H3. The van der Waals surface area contributed by atoms with Gasteiger partial charge in [-0.2, -0.15) is 0 Å². The highest BCUT2D eigenvalue weighted by molar-refractivity contribution is 9.10. The summed E-state index contributed by atoms with van der Waals surface area (Å²) in [6, 6.07) is 9.93. The van der Waals surface area contributed by atoms with Gasteiger partial charge in [-0.25, -0.2) is 0 Å². The monoisotopic (exact) mass is 325 g/mol. The zero-order valence-corrected chi connectivity index (χ0v) is 12.6. The molecule has 1 unspecified atom stereocenters. The third-order valence-electron chi connectivity index (χ3n) is 2.62. The molecule has 0 saturated carbocycles. The van der Waals surface area contributed by atoms with Crippen molar-refractivity contribution in [1.29, 1.82) is 0 Å². The average molecular weight is 326 g/mol. The Morgan fingerprint density at radius 2 is 2.22 bits per heavy atom. The molecule has 2 aromatic rings. The second kappa shape index (κ2) is 6.36. The number of halogens is 1. The fraction of sp³-hybridized carbons (Fsp3) is 0.286. The molecule has 0 aliphatic carbocycles. The van der Waals surface area contributed by atoms with Crippen LogP contribution < -0.4 is 10.5 Å². The fourth-order valence-electron chi connectivity index (χ4n) is 1.70. The lowest BCUT2D eigenvalue weighted by Crippen LogP contribution is -2.10. The van der Waals surface area contributed by atoms with Crippen molar-refractivity contribution >= 4 is 27.3 Å². The first-order valence-corrected chi connectivity index (χ1v) is 7.61. The first-order valence-electron chi connectivity index (χ1n) is 5.93. The van der Waals surface area contributed by atoms with E-state index in [1.165, 1.54) is 0 Å². The zero-order chi connectivity index (χ0) is 13.0. The molecule has 1 atom stereocenters. The molecule has 0 fully saturated rings. The maximum absolute atomic E-state index is 6.28. The molecule has 2 rings (SSSR count). The first kappa shape index (κ1) is 13.6. The van der Waals surface area contributed by atoms with Gasteiger partial charge in [-0.15, -0.1) is 11.3 Å². The molecule has 2 N–H and O–H groups in total. The van der Waals surface area contributed by atoms with Gasteiger partial charge in [0.25, 0.3) is 0 Å². The molecule has 1 heterocycles. The van der Waals surface area contributed by atoms with Crippen LogP contribution in [-0.2, 0) is 0 Å². The van der Waals surface area contributed by atoms with E-state index in [2.05, 4.69) is 22.9 Å². The first-order chi connectivity index (χ1) is 8.72. The van der Waals surface area contributed by atoms with Crippen LogP contribution in [0.4, 0.5) is 0 Å². The molecule has 4 heteroatoms. The molecule has 0 spiro atoms. The number of benzene rings is 1. The minimum atomic E-state index is -0.107. The van der Waals surface area contributed by atoms with E-state index in [-0.39, 0.29) is 6.04 Å². The van der Waals surface area contributed by atoms with Crippen LogP contribution in [0.15, 0.2) is 40.2 Å². The molecule has 0 radical (unpaired) electrons. The smallest absolute Gasteiger partial charge is 0.119 e. The van der Waals surface area contributed by atoms with Crippen molar-refractivity contribution in [2.75, 3.05) is 6.61 Å². The molecule has 0 amide bonds. The number of hydrogen-bond acceptors (Lipinski definition) is 3. The van der Waals surface area contributed by atoms with Gasteiger partial charge in [0.2, 0.25) is 0 Å². The number of thiophene rings is 1. The minimum Gasteiger partial charge on any atom is -0.494 e. The van der Waals surface area contributed by atoms with E-state index in [4.69, 9.17) is 10.5 Å². The van der Waals surface area contributed by atoms with E-state index >= 15 is 0 Å². The van der Waals surface area contributed by atoms with Crippen molar-refractivity contribution < 1.29 is 4.74 Å². The van der Waals surface area contributed by atoms with Gasteiger partial charge in [-0.3, -0.25) is 0 Å². The number of ether oxygens (including phenoxy) is 1. The molecule has 1 aromatic heterocycles. The number of rotatable bonds is 5. The Morgan fingerprint density at radius 1 is 1.39 bits per heavy atom. The lowest BCUT2D eigenvalue weighted by atomic mass is 10.1. The van der Waals surface area contributed by atoms with Gasteiger partial charge < -0.3 is 10.5 Å². The molecule has 18 heavy (non-hydrogen) atoms. The van der Waals surface area contributed by atoms with Crippen LogP contribution >= 0.6 is 27.3 Å². The topological polar surface area (TPSA) is 35.2 Å². The highest BCUT2D eigenvalue weighted by Gasteiger charge is 2.14. The van der Waals surface area contributed by atoms with E-state index in [0.717, 1.165) is 33.7 Å². The Kier molecular flexibility index (Phi) is 4.80. The lowest BCUT2D eigenvalue weighted by Gasteiger charge is -2.13. The normalized spacial score (nSPS) is 12.4. The number of nitrogens with two attached hydrogens (primary N) is 1. The van der Waals surface area contributed by atoms with Crippen LogP contribution in [0.1, 0.15) is 29.8 Å². The SMILES string of the molecule is CCCOc1cccc(C(N)c2sccc2Br)c1. The van der Waals surface area contributed by atoms with E-state index in [1.807, 2.05) is 35.7 Å². The Bertz CT molecular complexity index is 512. The summed E-state index contributed by atoms with van der Waals surface area (Å²) in [6.45, 7) is 2.83. The molecular weight excluding hydrogens is 310 g/mol. The predicted molar refractivity (Wildman–Crippen MR) is 80.3 cm³/mol. The summed E-state index contributed by atoms with van der Waals surface area (Å²) < 4.78 is 6.70. The van der Waals surface area contributed by atoms with Gasteiger partial charge in [0, 0.05) is 9.35 Å². The fourth-order valence-corrected chi connectivity index (χ4v) is 3.34. The van der Waals surface area contributed by atoms with Crippen molar-refractivity contribution in [3.63, 3.8) is 0 Å². The van der Waals surface area contributed by atoms with Gasteiger partial charge in [-0.05, 0) is 51.5 Å². The summed E-state index contributed by atoms with van der Waals surface area (Å²) in [4.78, 5) is 1.14. The van der Waals surface area contributed by atoms with Gasteiger partial charge >= 0.3 is 0 Å². The summed E-state index contributed by atoms with van der Waals surface area (Å²) in [5.74, 6) is 0.887. The predicted octanol–water partition coefficient (Wildman–Crippen LogP) is 4.35.